The van der Waals surface area contributed by atoms with E-state index in [1.54, 1.807) is 0 Å². The third-order valence-corrected chi connectivity index (χ3v) is 6.20. The van der Waals surface area contributed by atoms with Crippen LogP contribution >= 0.6 is 0 Å². The van der Waals surface area contributed by atoms with Crippen molar-refractivity contribution in [2.24, 2.45) is 0 Å². The predicted molar refractivity (Wildman–Crippen MR) is 123 cm³/mol. The average Bonchev–Trinajstić information content (AvgIpc) is 3.18. The van der Waals surface area contributed by atoms with Crippen LogP contribution in [0, 0.1) is 0 Å². The molecule has 0 saturated carbocycles. The number of aliphatic hydroxyl groups excluding tert-OH is 7. The molecule has 2 fully saturated rings. The highest BCUT2D eigenvalue weighted by molar-refractivity contribution is 5.87. The second-order valence-corrected chi connectivity index (χ2v) is 8.58. The first-order valence-electron chi connectivity index (χ1n) is 11.4. The molecule has 0 aliphatic carbocycles. The molecule has 38 heavy (non-hydrogen) atoms. The number of hydrogen-bond acceptors (Lipinski definition) is 15. The number of aromatic hydroxyl groups is 1. The normalized spacial score (nSPS) is 35.4. The molecular formula is C23H32O15. The molecule has 1 aromatic rings. The second-order valence-electron chi connectivity index (χ2n) is 8.58. The van der Waals surface area contributed by atoms with Gasteiger partial charge in [-0.05, 0) is 23.8 Å². The van der Waals surface area contributed by atoms with Crippen LogP contribution in [0.3, 0.4) is 0 Å². The Hall–Kier alpha value is -2.57. The van der Waals surface area contributed by atoms with E-state index in [0.29, 0.717) is 5.56 Å². The van der Waals surface area contributed by atoms with Crippen LogP contribution < -0.4 is 9.47 Å². The molecule has 0 bridgehead atoms. The highest BCUT2D eigenvalue weighted by Crippen LogP contribution is 2.39. The van der Waals surface area contributed by atoms with Crippen molar-refractivity contribution in [1.82, 2.24) is 0 Å². The maximum Gasteiger partial charge on any atom is 0.331 e. The second kappa shape index (κ2) is 12.5. The molecule has 2 aliphatic heterocycles. The molecule has 0 radical (unpaired) electrons. The average molecular weight is 548 g/mol. The van der Waals surface area contributed by atoms with Crippen molar-refractivity contribution >= 4 is 12.0 Å². The van der Waals surface area contributed by atoms with Crippen molar-refractivity contribution in [2.75, 3.05) is 34.0 Å². The van der Waals surface area contributed by atoms with Gasteiger partial charge in [-0.2, -0.15) is 0 Å². The fourth-order valence-corrected chi connectivity index (χ4v) is 4.11. The van der Waals surface area contributed by atoms with E-state index in [2.05, 4.69) is 0 Å². The number of phenols is 1. The van der Waals surface area contributed by atoms with Gasteiger partial charge >= 0.3 is 5.97 Å². The Morgan fingerprint density at radius 2 is 1.55 bits per heavy atom. The Bertz CT molecular complexity index is 959. The van der Waals surface area contributed by atoms with Gasteiger partial charge in [-0.25, -0.2) is 4.79 Å². The molecular weight excluding hydrogens is 516 g/mol. The summed E-state index contributed by atoms with van der Waals surface area (Å²) in [5.41, 5.74) is 0.357. The number of carbonyl (C=O) groups is 1. The first-order chi connectivity index (χ1) is 18.0. The van der Waals surface area contributed by atoms with Gasteiger partial charge in [0.1, 0.15) is 43.2 Å². The van der Waals surface area contributed by atoms with Gasteiger partial charge < -0.3 is 69.3 Å². The minimum atomic E-state index is -2.39. The summed E-state index contributed by atoms with van der Waals surface area (Å²) in [6.45, 7) is -2.63. The summed E-state index contributed by atoms with van der Waals surface area (Å²) < 4.78 is 31.7. The van der Waals surface area contributed by atoms with Crippen molar-refractivity contribution in [1.29, 1.82) is 0 Å². The van der Waals surface area contributed by atoms with Gasteiger partial charge in [0.05, 0.1) is 27.4 Å². The summed E-state index contributed by atoms with van der Waals surface area (Å²) in [4.78, 5) is 12.7. The molecule has 214 valence electrons. The number of rotatable bonds is 10. The Morgan fingerprint density at radius 3 is 2.08 bits per heavy atom. The minimum Gasteiger partial charge on any atom is -0.502 e. The van der Waals surface area contributed by atoms with Crippen LogP contribution in [0.1, 0.15) is 5.56 Å². The third-order valence-electron chi connectivity index (χ3n) is 6.20. The number of phenolic OH excluding ortho intramolecular Hbond substituents is 1. The summed E-state index contributed by atoms with van der Waals surface area (Å²) in [5.74, 6) is -3.58. The van der Waals surface area contributed by atoms with Crippen molar-refractivity contribution < 1.29 is 74.1 Å². The highest BCUT2D eigenvalue weighted by atomic mass is 16.8. The van der Waals surface area contributed by atoms with E-state index in [1.165, 1.54) is 32.4 Å². The van der Waals surface area contributed by atoms with Gasteiger partial charge in [0.2, 0.25) is 11.5 Å². The standard InChI is InChI=1S/C23H32O15/c1-33-11-5-10(6-12(34-2)16(11)28)3-4-15(27)36-21-18(30)14(8-25)37-23(21,9-26)38-22-20(32)19(31)17(29)13(7-24)35-22/h3-6,13-14,17-22,24-26,28-32H,7-9H2,1-2H3/b4-3+/t13-,14-,17-,18-,19+,20-,21+,22-,23+/m0/s1. The van der Waals surface area contributed by atoms with Crippen LogP contribution in [-0.2, 0) is 23.7 Å². The van der Waals surface area contributed by atoms with Gasteiger partial charge in [-0.1, -0.05) is 0 Å². The van der Waals surface area contributed by atoms with E-state index in [9.17, 15) is 45.6 Å². The number of methoxy groups -OCH3 is 2. The molecule has 9 atom stereocenters. The van der Waals surface area contributed by atoms with Gasteiger partial charge in [0.15, 0.2) is 23.9 Å². The minimum absolute atomic E-state index is 0.0648. The van der Waals surface area contributed by atoms with Crippen LogP contribution in [0.15, 0.2) is 18.2 Å². The van der Waals surface area contributed by atoms with E-state index < -0.39 is 80.6 Å². The zero-order valence-electron chi connectivity index (χ0n) is 20.5. The molecule has 15 nitrogen and oxygen atoms in total. The molecule has 0 spiro atoms. The van der Waals surface area contributed by atoms with Crippen LogP contribution in [-0.4, -0.2) is 136 Å². The fourth-order valence-electron chi connectivity index (χ4n) is 4.11. The lowest BCUT2D eigenvalue weighted by Crippen LogP contribution is -2.63. The van der Waals surface area contributed by atoms with E-state index in [-0.39, 0.29) is 17.2 Å². The van der Waals surface area contributed by atoms with E-state index in [4.69, 9.17) is 28.4 Å². The Kier molecular flexibility index (Phi) is 9.88. The summed E-state index contributed by atoms with van der Waals surface area (Å²) >= 11 is 0. The Balaban J connectivity index is 1.84. The number of hydrogen-bond donors (Lipinski definition) is 8. The summed E-state index contributed by atoms with van der Waals surface area (Å²) in [6.07, 6.45) is -11.3. The van der Waals surface area contributed by atoms with E-state index in [0.717, 1.165) is 6.08 Å². The number of aliphatic hydroxyl groups is 7. The molecule has 15 heteroatoms. The number of carbonyl (C=O) groups excluding carboxylic acids is 1. The zero-order chi connectivity index (χ0) is 28.2. The van der Waals surface area contributed by atoms with E-state index >= 15 is 0 Å². The summed E-state index contributed by atoms with van der Waals surface area (Å²) in [5, 5.41) is 80.1. The summed E-state index contributed by atoms with van der Waals surface area (Å²) in [7, 11) is 2.64. The van der Waals surface area contributed by atoms with E-state index in [1.807, 2.05) is 0 Å². The fraction of sp³-hybridized carbons (Fsp3) is 0.609. The molecule has 3 rings (SSSR count). The van der Waals surface area contributed by atoms with Crippen LogP contribution in [0.2, 0.25) is 0 Å². The molecule has 0 unspecified atom stereocenters. The van der Waals surface area contributed by atoms with Crippen molar-refractivity contribution in [2.45, 2.75) is 54.8 Å². The molecule has 2 saturated heterocycles. The SMILES string of the molecule is COc1cc(/C=C/C(=O)O[C@@H]2[C@@H](O)[C@H](CO)O[C@]2(CO)O[C@@H]2O[C@@H](CO)[C@H](O)[C@@H](O)[C@@H]2O)cc(OC)c1O. The zero-order valence-corrected chi connectivity index (χ0v) is 20.5. The molecule has 0 amide bonds. The third kappa shape index (κ3) is 5.86. The van der Waals surface area contributed by atoms with Crippen LogP contribution in [0.5, 0.6) is 17.2 Å². The maximum absolute atomic E-state index is 12.7. The lowest BCUT2D eigenvalue weighted by molar-refractivity contribution is -0.383. The van der Waals surface area contributed by atoms with Crippen molar-refractivity contribution in [3.05, 3.63) is 23.8 Å². The van der Waals surface area contributed by atoms with Gasteiger partial charge in [0.25, 0.3) is 0 Å². The maximum atomic E-state index is 12.7. The predicted octanol–water partition coefficient (Wildman–Crippen LogP) is -3.41. The summed E-state index contributed by atoms with van der Waals surface area (Å²) in [6, 6.07) is 2.80. The topological polar surface area (TPSA) is 234 Å². The van der Waals surface area contributed by atoms with Gasteiger partial charge in [0, 0.05) is 6.08 Å². The van der Waals surface area contributed by atoms with Crippen LogP contribution in [0.4, 0.5) is 0 Å². The Labute approximate surface area is 216 Å². The molecule has 8 N–H and O–H groups in total. The monoisotopic (exact) mass is 548 g/mol. The number of benzene rings is 1. The molecule has 2 heterocycles. The van der Waals surface area contributed by atoms with Gasteiger partial charge in [-0.15, -0.1) is 0 Å². The van der Waals surface area contributed by atoms with Crippen molar-refractivity contribution in [3.8, 4) is 17.2 Å². The lowest BCUT2D eigenvalue weighted by atomic mass is 9.99. The first kappa shape index (κ1) is 30.0. The Morgan fingerprint density at radius 1 is 0.947 bits per heavy atom. The first-order valence-corrected chi connectivity index (χ1v) is 11.4. The lowest BCUT2D eigenvalue weighted by Gasteiger charge is -2.43. The van der Waals surface area contributed by atoms with Crippen LogP contribution in [0.25, 0.3) is 6.08 Å². The quantitative estimate of drug-likeness (QED) is 0.105. The molecule has 1 aromatic carbocycles. The smallest absolute Gasteiger partial charge is 0.331 e. The van der Waals surface area contributed by atoms with Gasteiger partial charge in [-0.3, -0.25) is 0 Å². The number of esters is 1. The molecule has 0 aromatic heterocycles. The van der Waals surface area contributed by atoms with Crippen molar-refractivity contribution in [3.63, 3.8) is 0 Å². The highest BCUT2D eigenvalue weighted by Gasteiger charge is 2.60. The molecule has 2 aliphatic rings. The largest absolute Gasteiger partial charge is 0.502 e. The number of ether oxygens (including phenoxy) is 6.